The van der Waals surface area contributed by atoms with Crippen LogP contribution >= 0.6 is 0 Å². The molecule has 0 aliphatic carbocycles. The second-order valence-corrected chi connectivity index (χ2v) is 4.14. The van der Waals surface area contributed by atoms with Crippen molar-refractivity contribution >= 4 is 18.3 Å². The van der Waals surface area contributed by atoms with Gasteiger partial charge in [-0.25, -0.2) is 0 Å². The summed E-state index contributed by atoms with van der Waals surface area (Å²) >= 11 is 0. The van der Waals surface area contributed by atoms with Gasteiger partial charge < -0.3 is 20.1 Å². The van der Waals surface area contributed by atoms with Crippen LogP contribution in [0.4, 0.5) is 5.69 Å². The average Bonchev–Trinajstić information content (AvgIpc) is 2.77. The van der Waals surface area contributed by atoms with E-state index in [0.29, 0.717) is 5.46 Å². The number of aliphatic hydroxyl groups excluding tert-OH is 1. The van der Waals surface area contributed by atoms with Crippen molar-refractivity contribution < 1.29 is 15.2 Å². The molecule has 1 aliphatic heterocycles. The summed E-state index contributed by atoms with van der Waals surface area (Å²) in [5.41, 5.74) is 1.52. The standard InChI is InChI=1S/C11H16BNO3/c14-8-11-2-1-7-13(11)10-5-3-9(4-6-10)12(15)16/h3-6,11,14-16H,1-2,7-8H2/t11-/m1/s1. The highest BCUT2D eigenvalue weighted by Crippen LogP contribution is 2.24. The van der Waals surface area contributed by atoms with Gasteiger partial charge in [0, 0.05) is 12.2 Å². The van der Waals surface area contributed by atoms with Gasteiger partial charge >= 0.3 is 7.12 Å². The van der Waals surface area contributed by atoms with Crippen LogP contribution in [-0.2, 0) is 0 Å². The van der Waals surface area contributed by atoms with Crippen molar-refractivity contribution in [2.24, 2.45) is 0 Å². The van der Waals surface area contributed by atoms with Crippen LogP contribution in [0.2, 0.25) is 0 Å². The molecule has 1 aromatic rings. The first-order chi connectivity index (χ1) is 7.72. The van der Waals surface area contributed by atoms with Gasteiger partial charge in [0.2, 0.25) is 0 Å². The molecule has 5 heteroatoms. The summed E-state index contributed by atoms with van der Waals surface area (Å²) in [4.78, 5) is 2.16. The maximum atomic E-state index is 9.22. The predicted octanol–water partition coefficient (Wildman–Crippen LogP) is -0.673. The van der Waals surface area contributed by atoms with Gasteiger partial charge in [-0.1, -0.05) is 12.1 Å². The Labute approximate surface area is 95.3 Å². The molecule has 1 aliphatic rings. The molecule has 2 rings (SSSR count). The highest BCUT2D eigenvalue weighted by atomic mass is 16.4. The summed E-state index contributed by atoms with van der Waals surface area (Å²) in [7, 11) is -1.42. The van der Waals surface area contributed by atoms with Gasteiger partial charge in [-0.15, -0.1) is 0 Å². The van der Waals surface area contributed by atoms with E-state index < -0.39 is 7.12 Å². The van der Waals surface area contributed by atoms with E-state index in [1.54, 1.807) is 12.1 Å². The minimum atomic E-state index is -1.42. The van der Waals surface area contributed by atoms with Gasteiger partial charge in [-0.05, 0) is 30.4 Å². The lowest BCUT2D eigenvalue weighted by Gasteiger charge is -2.25. The lowest BCUT2D eigenvalue weighted by Crippen LogP contribution is -2.33. The van der Waals surface area contributed by atoms with Crippen LogP contribution in [0, 0.1) is 0 Å². The summed E-state index contributed by atoms with van der Waals surface area (Å²) in [6.45, 7) is 1.12. The predicted molar refractivity (Wildman–Crippen MR) is 63.7 cm³/mol. The normalized spacial score (nSPS) is 20.2. The molecule has 0 bridgehead atoms. The lowest BCUT2D eigenvalue weighted by molar-refractivity contribution is 0.266. The van der Waals surface area contributed by atoms with Gasteiger partial charge in [0.15, 0.2) is 0 Å². The molecular weight excluding hydrogens is 205 g/mol. The quantitative estimate of drug-likeness (QED) is 0.592. The van der Waals surface area contributed by atoms with Crippen molar-refractivity contribution in [1.29, 1.82) is 0 Å². The fraction of sp³-hybridized carbons (Fsp3) is 0.455. The fourth-order valence-electron chi connectivity index (χ4n) is 2.20. The third kappa shape index (κ3) is 2.21. The topological polar surface area (TPSA) is 63.9 Å². The zero-order valence-corrected chi connectivity index (χ0v) is 9.08. The molecule has 86 valence electrons. The Kier molecular flexibility index (Phi) is 3.48. The SMILES string of the molecule is OC[C@H]1CCCN1c1ccc(B(O)O)cc1. The Morgan fingerprint density at radius 3 is 2.50 bits per heavy atom. The molecule has 1 fully saturated rings. The first-order valence-electron chi connectivity index (χ1n) is 5.56. The van der Waals surface area contributed by atoms with E-state index in [-0.39, 0.29) is 12.6 Å². The van der Waals surface area contributed by atoms with Crippen LogP contribution in [-0.4, -0.2) is 41.5 Å². The molecule has 1 saturated heterocycles. The molecule has 0 amide bonds. The molecule has 3 N–H and O–H groups in total. The Bertz CT molecular complexity index is 342. The smallest absolute Gasteiger partial charge is 0.423 e. The van der Waals surface area contributed by atoms with E-state index in [4.69, 9.17) is 10.0 Å². The molecule has 0 spiro atoms. The Morgan fingerprint density at radius 1 is 1.25 bits per heavy atom. The number of aliphatic hydroxyl groups is 1. The molecule has 0 saturated carbocycles. The summed E-state index contributed by atoms with van der Waals surface area (Å²) in [5, 5.41) is 27.2. The summed E-state index contributed by atoms with van der Waals surface area (Å²) in [5.74, 6) is 0. The van der Waals surface area contributed by atoms with Gasteiger partial charge in [0.25, 0.3) is 0 Å². The maximum Gasteiger partial charge on any atom is 0.488 e. The second kappa shape index (κ2) is 4.87. The van der Waals surface area contributed by atoms with E-state index in [0.717, 1.165) is 25.1 Å². The van der Waals surface area contributed by atoms with Crippen LogP contribution in [0.15, 0.2) is 24.3 Å². The van der Waals surface area contributed by atoms with E-state index in [9.17, 15) is 5.11 Å². The van der Waals surface area contributed by atoms with E-state index in [1.165, 1.54) is 0 Å². The molecule has 0 radical (unpaired) electrons. The van der Waals surface area contributed by atoms with Crippen LogP contribution in [0.5, 0.6) is 0 Å². The summed E-state index contributed by atoms with van der Waals surface area (Å²) in [6, 6.07) is 7.33. The van der Waals surface area contributed by atoms with E-state index >= 15 is 0 Å². The van der Waals surface area contributed by atoms with Crippen molar-refractivity contribution in [3.05, 3.63) is 24.3 Å². The largest absolute Gasteiger partial charge is 0.488 e. The van der Waals surface area contributed by atoms with Crippen molar-refractivity contribution in [3.8, 4) is 0 Å². The summed E-state index contributed by atoms with van der Waals surface area (Å²) < 4.78 is 0. The Hall–Kier alpha value is -1.04. The number of benzene rings is 1. The zero-order valence-electron chi connectivity index (χ0n) is 9.08. The molecular formula is C11H16BNO3. The van der Waals surface area contributed by atoms with Crippen LogP contribution < -0.4 is 10.4 Å². The van der Waals surface area contributed by atoms with Crippen LogP contribution in [0.25, 0.3) is 0 Å². The van der Waals surface area contributed by atoms with Crippen molar-refractivity contribution in [1.82, 2.24) is 0 Å². The third-order valence-corrected chi connectivity index (χ3v) is 3.11. The number of anilines is 1. The van der Waals surface area contributed by atoms with Gasteiger partial charge in [0.05, 0.1) is 12.6 Å². The highest BCUT2D eigenvalue weighted by Gasteiger charge is 2.24. The molecule has 1 aromatic carbocycles. The minimum Gasteiger partial charge on any atom is -0.423 e. The highest BCUT2D eigenvalue weighted by molar-refractivity contribution is 6.58. The third-order valence-electron chi connectivity index (χ3n) is 3.11. The minimum absolute atomic E-state index is 0.171. The van der Waals surface area contributed by atoms with Crippen molar-refractivity contribution in [3.63, 3.8) is 0 Å². The number of rotatable bonds is 3. The number of nitrogens with zero attached hydrogens (tertiary/aromatic N) is 1. The average molecular weight is 221 g/mol. The fourth-order valence-corrected chi connectivity index (χ4v) is 2.20. The molecule has 4 nitrogen and oxygen atoms in total. The zero-order chi connectivity index (χ0) is 11.5. The van der Waals surface area contributed by atoms with Gasteiger partial charge in [-0.3, -0.25) is 0 Å². The molecule has 1 heterocycles. The number of hydrogen-bond donors (Lipinski definition) is 3. The van der Waals surface area contributed by atoms with E-state index in [2.05, 4.69) is 4.90 Å². The number of hydrogen-bond acceptors (Lipinski definition) is 4. The van der Waals surface area contributed by atoms with Crippen LogP contribution in [0.1, 0.15) is 12.8 Å². The molecule has 0 unspecified atom stereocenters. The van der Waals surface area contributed by atoms with Crippen molar-refractivity contribution in [2.45, 2.75) is 18.9 Å². The maximum absolute atomic E-state index is 9.22. The molecule has 0 aromatic heterocycles. The first-order valence-corrected chi connectivity index (χ1v) is 5.56. The van der Waals surface area contributed by atoms with Crippen molar-refractivity contribution in [2.75, 3.05) is 18.1 Å². The molecule has 16 heavy (non-hydrogen) atoms. The summed E-state index contributed by atoms with van der Waals surface area (Å²) in [6.07, 6.45) is 2.11. The van der Waals surface area contributed by atoms with Gasteiger partial charge in [0.1, 0.15) is 0 Å². The molecule has 1 atom stereocenters. The second-order valence-electron chi connectivity index (χ2n) is 4.14. The lowest BCUT2D eigenvalue weighted by atomic mass is 9.80. The Morgan fingerprint density at radius 2 is 1.94 bits per heavy atom. The van der Waals surface area contributed by atoms with Gasteiger partial charge in [-0.2, -0.15) is 0 Å². The monoisotopic (exact) mass is 221 g/mol. The van der Waals surface area contributed by atoms with Crippen LogP contribution in [0.3, 0.4) is 0 Å². The first kappa shape index (κ1) is 11.5. The van der Waals surface area contributed by atoms with E-state index in [1.807, 2.05) is 12.1 Å². The Balaban J connectivity index is 2.15.